The molecule has 0 aliphatic heterocycles. The summed E-state index contributed by atoms with van der Waals surface area (Å²) in [5, 5.41) is -1.08. The fourth-order valence-corrected chi connectivity index (χ4v) is 8.04. The molecule has 34 heavy (non-hydrogen) atoms. The minimum absolute atomic E-state index is 0. The van der Waals surface area contributed by atoms with Gasteiger partial charge in [0.05, 0.1) is 20.3 Å². The quantitative estimate of drug-likeness (QED) is 0.330. The molecule has 3 rings (SSSR count). The molecule has 0 spiro atoms. The van der Waals surface area contributed by atoms with E-state index in [9.17, 15) is 16.8 Å². The maximum absolute atomic E-state index is 13.4. The van der Waals surface area contributed by atoms with Crippen molar-refractivity contribution in [3.63, 3.8) is 0 Å². The van der Waals surface area contributed by atoms with Crippen LogP contribution in [0.25, 0.3) is 0 Å². The maximum atomic E-state index is 13.4. The molecule has 0 saturated heterocycles. The van der Waals surface area contributed by atoms with Crippen molar-refractivity contribution in [3.8, 4) is 0 Å². The number of halogens is 3. The van der Waals surface area contributed by atoms with Crippen LogP contribution in [0.3, 0.4) is 0 Å². The molecule has 0 aromatic heterocycles. The van der Waals surface area contributed by atoms with Crippen LogP contribution in [0.2, 0.25) is 0 Å². The molecule has 1 saturated carbocycles. The van der Waals surface area contributed by atoms with E-state index >= 15 is 0 Å². The molecule has 2 atom stereocenters. The summed E-state index contributed by atoms with van der Waals surface area (Å²) in [7, 11) is -6.98. The maximum Gasteiger partial charge on any atom is 0.181 e. The summed E-state index contributed by atoms with van der Waals surface area (Å²) < 4.78 is 53.4. The van der Waals surface area contributed by atoms with E-state index in [1.807, 2.05) is 38.1 Å². The Hall–Kier alpha value is -0.220. The molecule has 0 radical (unpaired) electrons. The molecule has 0 amide bonds. The lowest BCUT2D eigenvalue weighted by molar-refractivity contribution is 0.521. The molecule has 0 bridgehead atoms. The Bertz CT molecular complexity index is 981. The SMILES string of the molecule is Br.Br.Br.Cc1ccc(S(=O)(=O)C2CCCCCCCC(S(=O)(=O)c3ccc(C)cc3)CC2)cc1. The van der Waals surface area contributed by atoms with Crippen molar-refractivity contribution in [2.45, 2.75) is 91.9 Å². The number of hydrogen-bond donors (Lipinski definition) is 0. The van der Waals surface area contributed by atoms with Crippen LogP contribution in [-0.4, -0.2) is 27.3 Å². The van der Waals surface area contributed by atoms with Crippen LogP contribution in [0, 0.1) is 13.8 Å². The summed E-state index contributed by atoms with van der Waals surface area (Å²) in [6.07, 6.45) is 6.69. The van der Waals surface area contributed by atoms with Crippen molar-refractivity contribution in [2.75, 3.05) is 0 Å². The first kappa shape index (κ1) is 33.8. The van der Waals surface area contributed by atoms with Gasteiger partial charge in [-0.2, -0.15) is 0 Å². The van der Waals surface area contributed by atoms with Gasteiger partial charge in [-0.3, -0.25) is 0 Å². The second-order valence-electron chi connectivity index (χ2n) is 8.88. The fraction of sp³-hybridized carbons (Fsp3) is 0.520. The van der Waals surface area contributed by atoms with E-state index in [-0.39, 0.29) is 50.9 Å². The van der Waals surface area contributed by atoms with Crippen LogP contribution >= 0.6 is 50.9 Å². The largest absolute Gasteiger partial charge is 0.223 e. The van der Waals surface area contributed by atoms with Crippen LogP contribution in [0.15, 0.2) is 58.3 Å². The van der Waals surface area contributed by atoms with Gasteiger partial charge in [0.15, 0.2) is 19.7 Å². The Morgan fingerprint density at radius 2 is 0.794 bits per heavy atom. The van der Waals surface area contributed by atoms with Crippen LogP contribution < -0.4 is 0 Å². The molecule has 0 N–H and O–H groups in total. The Morgan fingerprint density at radius 1 is 0.500 bits per heavy atom. The number of sulfone groups is 2. The highest BCUT2D eigenvalue weighted by atomic mass is 79.9. The van der Waals surface area contributed by atoms with E-state index in [4.69, 9.17) is 0 Å². The summed E-state index contributed by atoms with van der Waals surface area (Å²) in [5.74, 6) is 0. The van der Waals surface area contributed by atoms with Crippen LogP contribution in [-0.2, 0) is 19.7 Å². The number of aryl methyl sites for hydroxylation is 2. The molecule has 2 aromatic carbocycles. The molecule has 194 valence electrons. The second kappa shape index (κ2) is 15.1. The van der Waals surface area contributed by atoms with Gasteiger partial charge in [-0.1, -0.05) is 67.5 Å². The Kier molecular flexibility index (Phi) is 15.0. The van der Waals surface area contributed by atoms with Crippen molar-refractivity contribution < 1.29 is 16.8 Å². The van der Waals surface area contributed by atoms with Gasteiger partial charge in [-0.05, 0) is 63.8 Å². The standard InChI is InChI=1S/C25H34O4S2.3BrH/c1-20-10-14-24(15-11-20)30(26,27)22-8-6-4-3-5-7-9-23(19-18-22)31(28,29)25-16-12-21(2)13-17-25;;;/h10-17,22-23H,3-9,18-19H2,1-2H3;3*1H. The molecule has 9 heteroatoms. The highest BCUT2D eigenvalue weighted by Gasteiger charge is 2.32. The van der Waals surface area contributed by atoms with Crippen LogP contribution in [0.5, 0.6) is 0 Å². The molecular formula is C25H37Br3O4S2. The van der Waals surface area contributed by atoms with Gasteiger partial charge < -0.3 is 0 Å². The first-order valence-corrected chi connectivity index (χ1v) is 14.4. The fourth-order valence-electron chi connectivity index (χ4n) is 4.40. The van der Waals surface area contributed by atoms with Crippen LogP contribution in [0.4, 0.5) is 0 Å². The Labute approximate surface area is 237 Å². The topological polar surface area (TPSA) is 68.3 Å². The lowest BCUT2D eigenvalue weighted by atomic mass is 10.1. The van der Waals surface area contributed by atoms with Crippen molar-refractivity contribution >= 4 is 70.6 Å². The van der Waals surface area contributed by atoms with Gasteiger partial charge in [-0.15, -0.1) is 50.9 Å². The molecule has 1 aliphatic carbocycles. The van der Waals surface area contributed by atoms with E-state index in [0.717, 1.165) is 43.2 Å². The third-order valence-corrected chi connectivity index (χ3v) is 11.0. The molecule has 1 aliphatic rings. The zero-order valence-electron chi connectivity index (χ0n) is 19.8. The first-order chi connectivity index (χ1) is 14.7. The first-order valence-electron chi connectivity index (χ1n) is 11.3. The van der Waals surface area contributed by atoms with E-state index in [0.29, 0.717) is 35.5 Å². The summed E-state index contributed by atoms with van der Waals surface area (Å²) in [6, 6.07) is 14.0. The zero-order chi connectivity index (χ0) is 22.5. The molecule has 2 aromatic rings. The van der Waals surface area contributed by atoms with Gasteiger partial charge in [0, 0.05) is 0 Å². The second-order valence-corrected chi connectivity index (χ2v) is 13.3. The van der Waals surface area contributed by atoms with E-state index in [1.165, 1.54) is 0 Å². The highest BCUT2D eigenvalue weighted by Crippen LogP contribution is 2.31. The van der Waals surface area contributed by atoms with Crippen molar-refractivity contribution in [2.24, 2.45) is 0 Å². The summed E-state index contributed by atoms with van der Waals surface area (Å²) in [6.45, 7) is 3.87. The van der Waals surface area contributed by atoms with Gasteiger partial charge in [0.2, 0.25) is 0 Å². The number of rotatable bonds is 4. The molecular weight excluding hydrogens is 668 g/mol. The molecule has 0 heterocycles. The van der Waals surface area contributed by atoms with Gasteiger partial charge in [0.25, 0.3) is 0 Å². The van der Waals surface area contributed by atoms with E-state index < -0.39 is 30.2 Å². The normalized spacial score (nSPS) is 19.9. The van der Waals surface area contributed by atoms with E-state index in [2.05, 4.69) is 0 Å². The van der Waals surface area contributed by atoms with Gasteiger partial charge in [-0.25, -0.2) is 16.8 Å². The third-order valence-electron chi connectivity index (χ3n) is 6.44. The van der Waals surface area contributed by atoms with Crippen LogP contribution in [0.1, 0.15) is 68.9 Å². The summed E-state index contributed by atoms with van der Waals surface area (Å²) in [5.41, 5.74) is 2.04. The molecule has 4 nitrogen and oxygen atoms in total. The predicted molar refractivity (Wildman–Crippen MR) is 157 cm³/mol. The summed E-state index contributed by atoms with van der Waals surface area (Å²) in [4.78, 5) is 0.687. The number of hydrogen-bond acceptors (Lipinski definition) is 4. The van der Waals surface area contributed by atoms with Gasteiger partial charge >= 0.3 is 0 Å². The van der Waals surface area contributed by atoms with E-state index in [1.54, 1.807) is 24.3 Å². The predicted octanol–water partition coefficient (Wildman–Crippen LogP) is 7.55. The Balaban J connectivity index is 0.00000363. The average molecular weight is 705 g/mol. The zero-order valence-corrected chi connectivity index (χ0v) is 26.6. The summed E-state index contributed by atoms with van der Waals surface area (Å²) >= 11 is 0. The minimum atomic E-state index is -3.49. The van der Waals surface area contributed by atoms with Crippen molar-refractivity contribution in [3.05, 3.63) is 59.7 Å². The lowest BCUT2D eigenvalue weighted by Gasteiger charge is -2.22. The third kappa shape index (κ3) is 8.71. The molecule has 1 fully saturated rings. The smallest absolute Gasteiger partial charge is 0.181 e. The van der Waals surface area contributed by atoms with Gasteiger partial charge in [0.1, 0.15) is 0 Å². The highest BCUT2D eigenvalue weighted by molar-refractivity contribution is 8.93. The van der Waals surface area contributed by atoms with Crippen molar-refractivity contribution in [1.29, 1.82) is 0 Å². The average Bonchev–Trinajstić information content (AvgIpc) is 2.79. The minimum Gasteiger partial charge on any atom is -0.223 e. The molecule has 2 unspecified atom stereocenters. The monoisotopic (exact) mass is 702 g/mol. The lowest BCUT2D eigenvalue weighted by Crippen LogP contribution is -2.27. The Morgan fingerprint density at radius 3 is 1.12 bits per heavy atom. The number of benzene rings is 2. The van der Waals surface area contributed by atoms with Crippen molar-refractivity contribution in [1.82, 2.24) is 0 Å².